The summed E-state index contributed by atoms with van der Waals surface area (Å²) in [6, 6.07) is 5.52. The number of nitrogens with two attached hydrogens (primary N) is 1. The molecule has 0 spiro atoms. The van der Waals surface area contributed by atoms with Gasteiger partial charge in [0, 0.05) is 25.2 Å². The molecule has 8 nitrogen and oxygen atoms in total. The van der Waals surface area contributed by atoms with Crippen molar-refractivity contribution in [3.05, 3.63) is 29.3 Å². The van der Waals surface area contributed by atoms with Crippen LogP contribution in [0.25, 0.3) is 0 Å². The highest BCUT2D eigenvalue weighted by atomic mass is 32.2. The largest absolute Gasteiger partial charge is 0.338 e. The van der Waals surface area contributed by atoms with Crippen LogP contribution in [-0.4, -0.2) is 53.1 Å². The number of rotatable bonds is 4. The lowest BCUT2D eigenvalue weighted by molar-refractivity contribution is 0.182. The van der Waals surface area contributed by atoms with Gasteiger partial charge in [-0.15, -0.1) is 5.11 Å². The van der Waals surface area contributed by atoms with Crippen LogP contribution >= 0.6 is 0 Å². The first-order valence-corrected chi connectivity index (χ1v) is 10.4. The Morgan fingerprint density at radius 1 is 1.42 bits per heavy atom. The van der Waals surface area contributed by atoms with Crippen molar-refractivity contribution in [3.8, 4) is 0 Å². The van der Waals surface area contributed by atoms with Crippen molar-refractivity contribution in [2.75, 3.05) is 26.3 Å². The fourth-order valence-electron chi connectivity index (χ4n) is 3.43. The number of nitrogens with one attached hydrogen (secondary N) is 1. The summed E-state index contributed by atoms with van der Waals surface area (Å²) in [5, 5.41) is 16.7. The van der Waals surface area contributed by atoms with E-state index in [1.165, 1.54) is 0 Å². The SMILES string of the molecule is C=S(N)(=O)c1cccc(C2CCN(C(=O)NCC)CC2)c1C1=NCN=N1. The van der Waals surface area contributed by atoms with Gasteiger partial charge in [-0.3, -0.25) is 5.14 Å². The summed E-state index contributed by atoms with van der Waals surface area (Å²) < 4.78 is 12.5. The van der Waals surface area contributed by atoms with Crippen molar-refractivity contribution in [1.82, 2.24) is 10.2 Å². The lowest BCUT2D eigenvalue weighted by atomic mass is 9.86. The summed E-state index contributed by atoms with van der Waals surface area (Å²) in [6.45, 7) is 4.11. The van der Waals surface area contributed by atoms with Crippen LogP contribution in [0.1, 0.15) is 36.8 Å². The lowest BCUT2D eigenvalue weighted by Crippen LogP contribution is -2.44. The van der Waals surface area contributed by atoms with Crippen LogP contribution in [0.5, 0.6) is 0 Å². The van der Waals surface area contributed by atoms with Crippen molar-refractivity contribution in [3.63, 3.8) is 0 Å². The summed E-state index contributed by atoms with van der Waals surface area (Å²) in [6.07, 6.45) is 1.61. The molecule has 140 valence electrons. The smallest absolute Gasteiger partial charge is 0.317 e. The number of aliphatic imine (C=N–C) groups is 1. The zero-order valence-corrected chi connectivity index (χ0v) is 15.7. The highest BCUT2D eigenvalue weighted by Crippen LogP contribution is 2.34. The van der Waals surface area contributed by atoms with Crippen LogP contribution in [0.15, 0.2) is 38.3 Å². The Labute approximate surface area is 153 Å². The van der Waals surface area contributed by atoms with Gasteiger partial charge in [-0.25, -0.2) is 14.0 Å². The molecule has 1 atom stereocenters. The minimum atomic E-state index is -2.92. The molecule has 2 aliphatic rings. The van der Waals surface area contributed by atoms with E-state index in [1.807, 2.05) is 24.0 Å². The second-order valence-electron chi connectivity index (χ2n) is 6.41. The highest BCUT2D eigenvalue weighted by Gasteiger charge is 2.28. The standard InChI is InChI=1S/C17H24N6O2S/c1-3-19-17(24)23-9-7-12(8-10-23)13-5-4-6-14(26(2,18)25)15(13)16-20-11-21-22-16/h4-6,12H,2-3,7-11H2,1H3,(H2,18,25)(H,19,24). The molecule has 9 heteroatoms. The second-order valence-corrected chi connectivity index (χ2v) is 8.30. The average Bonchev–Trinajstić information content (AvgIpc) is 3.15. The Balaban J connectivity index is 1.92. The molecule has 26 heavy (non-hydrogen) atoms. The monoisotopic (exact) mass is 376 g/mol. The van der Waals surface area contributed by atoms with Crippen LogP contribution < -0.4 is 10.5 Å². The Bertz CT molecular complexity index is 854. The van der Waals surface area contributed by atoms with Gasteiger partial charge in [-0.1, -0.05) is 12.1 Å². The van der Waals surface area contributed by atoms with Gasteiger partial charge in [-0.05, 0) is 43.2 Å². The zero-order chi connectivity index (χ0) is 18.7. The minimum absolute atomic E-state index is 0.0309. The number of piperidine rings is 1. The molecule has 0 aromatic heterocycles. The van der Waals surface area contributed by atoms with Crippen molar-refractivity contribution in [2.24, 2.45) is 20.4 Å². The Kier molecular flexibility index (Phi) is 5.38. The van der Waals surface area contributed by atoms with Gasteiger partial charge >= 0.3 is 6.03 Å². The summed E-state index contributed by atoms with van der Waals surface area (Å²) in [4.78, 5) is 18.6. The third-order valence-corrected chi connectivity index (χ3v) is 5.74. The molecule has 1 unspecified atom stereocenters. The van der Waals surface area contributed by atoms with E-state index in [9.17, 15) is 9.00 Å². The van der Waals surface area contributed by atoms with Crippen LogP contribution in [0.3, 0.4) is 0 Å². The van der Waals surface area contributed by atoms with Gasteiger partial charge in [0.25, 0.3) is 0 Å². The molecule has 3 rings (SSSR count). The number of benzene rings is 1. The fraction of sp³-hybridized carbons (Fsp3) is 0.471. The third kappa shape index (κ3) is 3.78. The van der Waals surface area contributed by atoms with Crippen molar-refractivity contribution < 1.29 is 9.00 Å². The molecule has 2 amide bonds. The minimum Gasteiger partial charge on any atom is -0.338 e. The van der Waals surface area contributed by atoms with Crippen LogP contribution in [-0.2, 0) is 9.71 Å². The van der Waals surface area contributed by atoms with E-state index in [1.54, 1.807) is 6.07 Å². The van der Waals surface area contributed by atoms with E-state index in [2.05, 4.69) is 26.4 Å². The van der Waals surface area contributed by atoms with Crippen LogP contribution in [0.2, 0.25) is 0 Å². The maximum Gasteiger partial charge on any atom is 0.317 e. The average molecular weight is 376 g/mol. The van der Waals surface area contributed by atoms with Crippen molar-refractivity contribution in [2.45, 2.75) is 30.6 Å². The molecule has 2 aliphatic heterocycles. The Morgan fingerprint density at radius 3 is 2.73 bits per heavy atom. The van der Waals surface area contributed by atoms with Gasteiger partial charge in [0.1, 0.15) is 0 Å². The zero-order valence-electron chi connectivity index (χ0n) is 14.9. The van der Waals surface area contributed by atoms with Gasteiger partial charge < -0.3 is 10.2 Å². The molecule has 0 aliphatic carbocycles. The predicted octanol–water partition coefficient (Wildman–Crippen LogP) is 1.71. The quantitative estimate of drug-likeness (QED) is 0.779. The van der Waals surface area contributed by atoms with E-state index in [-0.39, 0.29) is 18.6 Å². The van der Waals surface area contributed by atoms with Crippen LogP contribution in [0.4, 0.5) is 4.79 Å². The molecule has 2 heterocycles. The molecular formula is C17H24N6O2S. The number of amides is 2. The number of hydrogen-bond donors (Lipinski definition) is 2. The lowest BCUT2D eigenvalue weighted by Gasteiger charge is -2.33. The first-order valence-electron chi connectivity index (χ1n) is 8.64. The number of hydrogen-bond acceptors (Lipinski definition) is 5. The highest BCUT2D eigenvalue weighted by molar-refractivity contribution is 7.98. The number of likely N-dealkylation sites (tertiary alicyclic amines) is 1. The van der Waals surface area contributed by atoms with Gasteiger partial charge in [0.05, 0.1) is 14.6 Å². The maximum absolute atomic E-state index is 12.5. The Morgan fingerprint density at radius 2 is 2.15 bits per heavy atom. The molecular weight excluding hydrogens is 352 g/mol. The van der Waals surface area contributed by atoms with Crippen LogP contribution in [0, 0.1) is 0 Å². The molecule has 1 saturated heterocycles. The number of azo groups is 1. The third-order valence-electron chi connectivity index (χ3n) is 4.65. The van der Waals surface area contributed by atoms with Crippen molar-refractivity contribution >= 4 is 27.4 Å². The van der Waals surface area contributed by atoms with E-state index in [0.717, 1.165) is 18.4 Å². The van der Waals surface area contributed by atoms with E-state index in [4.69, 9.17) is 5.14 Å². The maximum atomic E-state index is 12.5. The molecule has 3 N–H and O–H groups in total. The molecule has 0 radical (unpaired) electrons. The number of carbonyl (C=O) groups is 1. The molecule has 1 fully saturated rings. The van der Waals surface area contributed by atoms with Gasteiger partial charge in [0.2, 0.25) is 0 Å². The molecule has 0 bridgehead atoms. The summed E-state index contributed by atoms with van der Waals surface area (Å²) >= 11 is 0. The van der Waals surface area contributed by atoms with Gasteiger partial charge in [0.15, 0.2) is 12.5 Å². The Hall–Kier alpha value is -2.26. The summed E-state index contributed by atoms with van der Waals surface area (Å²) in [7, 11) is -2.92. The number of amidine groups is 1. The number of carbonyl (C=O) groups excluding carboxylic acids is 1. The van der Waals surface area contributed by atoms with Crippen molar-refractivity contribution in [1.29, 1.82) is 0 Å². The first-order chi connectivity index (χ1) is 12.4. The van der Waals surface area contributed by atoms with E-state index < -0.39 is 9.71 Å². The first kappa shape index (κ1) is 18.5. The molecule has 1 aromatic rings. The van der Waals surface area contributed by atoms with E-state index in [0.29, 0.717) is 35.9 Å². The molecule has 1 aromatic carbocycles. The summed E-state index contributed by atoms with van der Waals surface area (Å²) in [5.74, 6) is 4.30. The fourth-order valence-corrected chi connectivity index (χ4v) is 4.29. The topological polar surface area (TPSA) is 113 Å². The normalized spacial score (nSPS) is 19.9. The molecule has 0 saturated carbocycles. The number of urea groups is 1. The predicted molar refractivity (Wildman–Crippen MR) is 103 cm³/mol. The summed E-state index contributed by atoms with van der Waals surface area (Å²) in [5.41, 5.74) is 1.69. The number of nitrogens with zero attached hydrogens (tertiary/aromatic N) is 4. The van der Waals surface area contributed by atoms with Gasteiger partial charge in [-0.2, -0.15) is 5.11 Å². The van der Waals surface area contributed by atoms with E-state index >= 15 is 0 Å². The second kappa shape index (κ2) is 7.55.